The van der Waals surface area contributed by atoms with E-state index in [1.165, 1.54) is 14.2 Å². The minimum atomic E-state index is -0.278. The Morgan fingerprint density at radius 1 is 0.447 bits per heavy atom. The van der Waals surface area contributed by atoms with Crippen LogP contribution in [0.3, 0.4) is 0 Å². The summed E-state index contributed by atoms with van der Waals surface area (Å²) in [6, 6.07) is 32.4. The summed E-state index contributed by atoms with van der Waals surface area (Å²) in [5, 5.41) is 4.49. The lowest BCUT2D eigenvalue weighted by Gasteiger charge is -2.10. The number of esters is 2. The number of ether oxygens (including phenoxy) is 2. The van der Waals surface area contributed by atoms with E-state index in [2.05, 4.69) is 76.0 Å². The van der Waals surface area contributed by atoms with Gasteiger partial charge in [-0.25, -0.2) is 5.84 Å². The maximum atomic E-state index is 11.7. The van der Waals surface area contributed by atoms with Gasteiger partial charge in [-0.15, -0.1) is 0 Å². The van der Waals surface area contributed by atoms with E-state index >= 15 is 0 Å². The number of methoxy groups -OCH3 is 2. The molecule has 4 heterocycles. The van der Waals surface area contributed by atoms with Gasteiger partial charge in [-0.2, -0.15) is 0 Å². The number of carbonyl (C=O) groups is 4. The number of hydrazine groups is 1. The summed E-state index contributed by atoms with van der Waals surface area (Å²) in [7, 11) is 10.9. The number of nitrogens with zero attached hydrogens (tertiary/aromatic N) is 4. The third-order valence-corrected chi connectivity index (χ3v) is 13.6. The number of primary amides is 1. The fourth-order valence-corrected chi connectivity index (χ4v) is 9.37. The predicted molar refractivity (Wildman–Crippen MR) is 325 cm³/mol. The summed E-state index contributed by atoms with van der Waals surface area (Å²) in [4.78, 5) is 46.4. The zero-order valence-corrected chi connectivity index (χ0v) is 50.4. The number of nitrogens with two attached hydrogens (primary N) is 2. The van der Waals surface area contributed by atoms with Crippen molar-refractivity contribution in [2.75, 3.05) is 20.1 Å². The molecule has 5 N–H and O–H groups in total. The van der Waals surface area contributed by atoms with E-state index < -0.39 is 0 Å². The average molecular weight is 1110 g/mol. The molecule has 0 aliphatic carbocycles. The minimum Gasteiger partial charge on any atom is -0.469 e. The summed E-state index contributed by atoms with van der Waals surface area (Å²) in [6.07, 6.45) is 0. The molecule has 0 saturated heterocycles. The second-order valence-electron chi connectivity index (χ2n) is 17.1. The molecular weight excluding hydrogens is 1020 g/mol. The van der Waals surface area contributed by atoms with Gasteiger partial charge in [0.05, 0.1) is 37.9 Å². The highest BCUT2D eigenvalue weighted by Crippen LogP contribution is 2.34. The summed E-state index contributed by atoms with van der Waals surface area (Å²) < 4.78 is 18.1. The third-order valence-electron chi connectivity index (χ3n) is 13.6. The van der Waals surface area contributed by atoms with Crippen LogP contribution in [-0.2, 0) is 56.8 Å². The van der Waals surface area contributed by atoms with Gasteiger partial charge in [-0.05, 0) is 108 Å². The van der Waals surface area contributed by atoms with Crippen LogP contribution in [0.1, 0.15) is 145 Å². The predicted octanol–water partition coefficient (Wildman–Crippen LogP) is 13.9. The first-order chi connectivity index (χ1) is 35.8. The van der Waals surface area contributed by atoms with Crippen molar-refractivity contribution < 1.29 is 28.7 Å². The first-order valence-corrected chi connectivity index (χ1v) is 27.3. The SMILES string of the molecule is C.CBr.CC.CC.CC.COC(=O)C(C)c1c(C)n(C)c2ccccc12.COC(=O)C(C)c1c(C)n(C)c2ccccc12.Cc1c(C(C)C(=O)NN)c2ccccc2n1C.Cc1c(C(C)C(N)=O)c2ccccc2n1C. The largest absolute Gasteiger partial charge is 0.469 e. The number of aryl methyl sites for hydroxylation is 4. The number of hydrogen-bond acceptors (Lipinski definition) is 7. The quantitative estimate of drug-likeness (QED) is 0.0447. The molecule has 0 aliphatic rings. The van der Waals surface area contributed by atoms with Crippen LogP contribution in [0.5, 0.6) is 0 Å². The van der Waals surface area contributed by atoms with E-state index in [4.69, 9.17) is 21.1 Å². The highest BCUT2D eigenvalue weighted by atomic mass is 79.9. The van der Waals surface area contributed by atoms with Crippen molar-refractivity contribution in [1.82, 2.24) is 23.7 Å². The fraction of sp³-hybridized carbons (Fsp3) is 0.419. The highest BCUT2D eigenvalue weighted by Gasteiger charge is 2.26. The first kappa shape index (κ1) is 69.4. The van der Waals surface area contributed by atoms with Crippen molar-refractivity contribution in [3.8, 4) is 0 Å². The molecule has 4 atom stereocenters. The van der Waals surface area contributed by atoms with E-state index in [-0.39, 0.29) is 54.9 Å². The molecule has 14 heteroatoms. The second kappa shape index (κ2) is 33.4. The van der Waals surface area contributed by atoms with E-state index in [1.807, 2.05) is 192 Å². The molecule has 8 aromatic rings. The number of alkyl halides is 1. The Morgan fingerprint density at radius 2 is 0.658 bits per heavy atom. The molecule has 8 rings (SSSR count). The number of nitrogens with one attached hydrogen (secondary N) is 1. The van der Waals surface area contributed by atoms with Crippen LogP contribution in [0.2, 0.25) is 0 Å². The molecule has 0 bridgehead atoms. The summed E-state index contributed by atoms with van der Waals surface area (Å²) >= 11 is 2.94. The van der Waals surface area contributed by atoms with Crippen LogP contribution in [0.15, 0.2) is 97.1 Å². The van der Waals surface area contributed by atoms with Crippen LogP contribution >= 0.6 is 15.9 Å². The number of rotatable bonds is 8. The van der Waals surface area contributed by atoms with Crippen molar-refractivity contribution in [2.45, 2.75) is 128 Å². The summed E-state index contributed by atoms with van der Waals surface area (Å²) in [6.45, 7) is 27.6. The van der Waals surface area contributed by atoms with Crippen molar-refractivity contribution in [2.24, 2.45) is 39.8 Å². The molecule has 4 aromatic carbocycles. The Hall–Kier alpha value is -6.64. The topological polar surface area (TPSA) is 171 Å². The number of fused-ring (bicyclic) bond motifs is 4. The Labute approximate surface area is 463 Å². The molecule has 4 aromatic heterocycles. The van der Waals surface area contributed by atoms with Gasteiger partial charge in [-0.3, -0.25) is 24.6 Å². The molecular formula is C62H92BrN7O6. The second-order valence-corrected chi connectivity index (χ2v) is 17.1. The smallest absolute Gasteiger partial charge is 0.312 e. The third kappa shape index (κ3) is 15.3. The van der Waals surface area contributed by atoms with Gasteiger partial charge in [0.2, 0.25) is 11.8 Å². The van der Waals surface area contributed by atoms with Crippen molar-refractivity contribution in [3.63, 3.8) is 0 Å². The monoisotopic (exact) mass is 1110 g/mol. The Kier molecular flexibility index (Phi) is 30.5. The van der Waals surface area contributed by atoms with Crippen LogP contribution in [0.25, 0.3) is 43.6 Å². The molecule has 13 nitrogen and oxygen atoms in total. The Morgan fingerprint density at radius 3 is 0.868 bits per heavy atom. The zero-order chi connectivity index (χ0) is 57.6. The molecule has 0 saturated carbocycles. The van der Waals surface area contributed by atoms with Gasteiger partial charge in [0.1, 0.15) is 0 Å². The average Bonchev–Trinajstić information content (AvgIpc) is 4.07. The summed E-state index contributed by atoms with van der Waals surface area (Å²) in [5.41, 5.74) is 20.8. The molecule has 0 fully saturated rings. The number of hydrogen-bond donors (Lipinski definition) is 3. The van der Waals surface area contributed by atoms with Gasteiger partial charge >= 0.3 is 11.9 Å². The number of aromatic nitrogens is 4. The Bertz CT molecular complexity index is 2860. The first-order valence-electron chi connectivity index (χ1n) is 25.8. The normalized spacial score (nSPS) is 11.6. The van der Waals surface area contributed by atoms with Crippen molar-refractivity contribution in [1.29, 1.82) is 0 Å². The van der Waals surface area contributed by atoms with E-state index in [0.29, 0.717) is 0 Å². The van der Waals surface area contributed by atoms with Crippen LogP contribution in [0, 0.1) is 27.7 Å². The lowest BCUT2D eigenvalue weighted by Crippen LogP contribution is -2.33. The van der Waals surface area contributed by atoms with Gasteiger partial charge in [0.15, 0.2) is 0 Å². The van der Waals surface area contributed by atoms with Crippen molar-refractivity contribution in [3.05, 3.63) is 142 Å². The van der Waals surface area contributed by atoms with Gasteiger partial charge in [0.25, 0.3) is 0 Å². The van der Waals surface area contributed by atoms with Crippen LogP contribution in [0.4, 0.5) is 0 Å². The molecule has 418 valence electrons. The zero-order valence-electron chi connectivity index (χ0n) is 48.8. The maximum absolute atomic E-state index is 11.7. The van der Waals surface area contributed by atoms with E-state index in [1.54, 1.807) is 0 Å². The van der Waals surface area contributed by atoms with E-state index in [9.17, 15) is 19.2 Å². The molecule has 4 unspecified atom stereocenters. The van der Waals surface area contributed by atoms with Crippen LogP contribution in [-0.4, -0.2) is 62.1 Å². The minimum absolute atomic E-state index is 0. The molecule has 2 amide bonds. The van der Waals surface area contributed by atoms with Gasteiger partial charge < -0.3 is 33.5 Å². The molecule has 0 aliphatic heterocycles. The number of amides is 2. The number of benzene rings is 4. The lowest BCUT2D eigenvalue weighted by atomic mass is 9.97. The standard InChI is InChI=1S/2C14H17NO2.C13H17N3O.C13H16N2O.3C2H6.CH3Br.CH4/c2*1-9(14(16)17-4)13-10(2)15(3)12-8-6-5-7-11(12)13;1-8(13(17)15-14)12-9(2)16(3)11-7-5-4-6-10(11)12;1-8(13(14)16)12-9(2)15(3)11-7-5-4-6-10(11)12;4*1-2;/h2*5-9H,1-4H3;4-8H,14H2,1-3H3,(H,15,17);4-8H,1-3H3,(H2,14,16);3*1-2H3;1H3;1H4. The van der Waals surface area contributed by atoms with E-state index in [0.717, 1.165) is 88.6 Å². The maximum Gasteiger partial charge on any atom is 0.312 e. The van der Waals surface area contributed by atoms with Crippen molar-refractivity contribution >= 4 is 83.3 Å². The lowest BCUT2D eigenvalue weighted by molar-refractivity contribution is -0.142. The number of halogens is 1. The molecule has 0 spiro atoms. The van der Waals surface area contributed by atoms with Gasteiger partial charge in [-0.1, -0.05) is 138 Å². The highest BCUT2D eigenvalue weighted by molar-refractivity contribution is 9.08. The van der Waals surface area contributed by atoms with Crippen LogP contribution < -0.4 is 17.0 Å². The van der Waals surface area contributed by atoms with Gasteiger partial charge in [0, 0.05) is 94.6 Å². The molecule has 0 radical (unpaired) electrons. The number of carbonyl (C=O) groups excluding carboxylic acids is 4. The molecule has 76 heavy (non-hydrogen) atoms. The summed E-state index contributed by atoms with van der Waals surface area (Å²) in [5.74, 6) is 5.25. The number of para-hydroxylation sites is 4. The fourth-order valence-electron chi connectivity index (χ4n) is 9.37. The Balaban J connectivity index is 0.000000939.